The summed E-state index contributed by atoms with van der Waals surface area (Å²) in [5, 5.41) is 17.4. The minimum Gasteiger partial charge on any atom is -0.511 e. The molecular weight excluding hydrogens is 500 g/mol. The maximum absolute atomic E-state index is 13.3. The van der Waals surface area contributed by atoms with Crippen molar-refractivity contribution < 1.29 is 19.2 Å². The quantitative estimate of drug-likeness (QED) is 0.258. The summed E-state index contributed by atoms with van der Waals surface area (Å²) in [5.41, 5.74) is 3.48. The molecule has 1 N–H and O–H groups in total. The molecule has 2 aliphatic rings. The Morgan fingerprint density at radius 3 is 2.50 bits per heavy atom. The number of carbonyl (C=O) groups excluding carboxylic acids is 2. The second-order valence-corrected chi connectivity index (χ2v) is 11.7. The Kier molecular flexibility index (Phi) is 6.70. The van der Waals surface area contributed by atoms with E-state index in [4.69, 9.17) is 9.52 Å². The predicted molar refractivity (Wildman–Crippen MR) is 155 cm³/mol. The van der Waals surface area contributed by atoms with Crippen LogP contribution in [0, 0.1) is 5.41 Å². The van der Waals surface area contributed by atoms with E-state index in [1.54, 1.807) is 0 Å². The number of nitrogens with zero attached hydrogens (tertiary/aromatic N) is 2. The van der Waals surface area contributed by atoms with Gasteiger partial charge in [0.05, 0.1) is 28.2 Å². The van der Waals surface area contributed by atoms with E-state index in [-0.39, 0.29) is 28.7 Å². The van der Waals surface area contributed by atoms with Crippen molar-refractivity contribution in [1.82, 2.24) is 5.16 Å². The molecule has 0 spiro atoms. The number of aliphatic imine (C=N–C) groups is 1. The molecule has 2 aliphatic carbocycles. The minimum absolute atomic E-state index is 0.0245. The van der Waals surface area contributed by atoms with Crippen LogP contribution < -0.4 is 0 Å². The zero-order valence-electron chi connectivity index (χ0n) is 22.8. The molecular formula is C34H32N2O4. The second kappa shape index (κ2) is 10.3. The molecule has 3 aromatic carbocycles. The molecule has 6 rings (SSSR count). The molecule has 1 unspecified atom stereocenters. The summed E-state index contributed by atoms with van der Waals surface area (Å²) in [6.45, 7) is 3.96. The van der Waals surface area contributed by atoms with Crippen molar-refractivity contribution in [3.05, 3.63) is 107 Å². The lowest BCUT2D eigenvalue weighted by atomic mass is 9.75. The van der Waals surface area contributed by atoms with Crippen LogP contribution in [-0.4, -0.2) is 27.5 Å². The lowest BCUT2D eigenvalue weighted by molar-refractivity contribution is -0.118. The molecule has 40 heavy (non-hydrogen) atoms. The number of rotatable bonds is 6. The Morgan fingerprint density at radius 1 is 0.950 bits per heavy atom. The maximum atomic E-state index is 13.3. The molecule has 6 nitrogen and oxygen atoms in total. The molecule has 1 atom stereocenters. The van der Waals surface area contributed by atoms with Gasteiger partial charge in [-0.25, -0.2) is 0 Å². The van der Waals surface area contributed by atoms with E-state index in [9.17, 15) is 14.7 Å². The average molecular weight is 533 g/mol. The summed E-state index contributed by atoms with van der Waals surface area (Å²) in [6.07, 6.45) is 2.47. The lowest BCUT2D eigenvalue weighted by Gasteiger charge is -2.30. The highest BCUT2D eigenvalue weighted by atomic mass is 16.5. The van der Waals surface area contributed by atoms with Crippen molar-refractivity contribution >= 4 is 33.7 Å². The zero-order chi connectivity index (χ0) is 27.9. The Hall–Kier alpha value is -4.32. The summed E-state index contributed by atoms with van der Waals surface area (Å²) in [4.78, 5) is 31.6. The minimum atomic E-state index is -0.317. The third-order valence-corrected chi connectivity index (χ3v) is 8.01. The number of allylic oxidation sites excluding steroid dienone is 2. The van der Waals surface area contributed by atoms with E-state index in [1.165, 1.54) is 0 Å². The first-order valence-corrected chi connectivity index (χ1v) is 13.9. The molecule has 0 fully saturated rings. The van der Waals surface area contributed by atoms with Gasteiger partial charge in [0.2, 0.25) is 0 Å². The van der Waals surface area contributed by atoms with Gasteiger partial charge in [0.1, 0.15) is 11.5 Å². The number of Topliss-reactive ketones (excluding diaryl/α,β-unsaturated/α-hetero) is 2. The molecule has 6 heteroatoms. The third-order valence-electron chi connectivity index (χ3n) is 8.01. The monoisotopic (exact) mass is 532 g/mol. The molecule has 0 radical (unpaired) electrons. The van der Waals surface area contributed by atoms with E-state index in [2.05, 4.69) is 5.16 Å². The van der Waals surface area contributed by atoms with Crippen molar-refractivity contribution in [2.75, 3.05) is 0 Å². The number of aliphatic hydroxyl groups is 1. The first kappa shape index (κ1) is 25.9. The van der Waals surface area contributed by atoms with Gasteiger partial charge >= 0.3 is 0 Å². The molecule has 0 saturated carbocycles. The Morgan fingerprint density at radius 2 is 1.70 bits per heavy atom. The van der Waals surface area contributed by atoms with E-state index in [1.807, 2.05) is 86.6 Å². The standard InChI is InChI=1S/C34H32N2O4/c1-34(2)19-29(38)32(30(39)20-34)26(35-25-14-8-12-22-11-6-7-13-24(22)25)15-16-27-33-28(37)17-23(18-31(33)40-36-27)21-9-4-3-5-10-21/h3-14,23,38H,15-20H2,1-2H3. The van der Waals surface area contributed by atoms with Gasteiger partial charge in [-0.1, -0.05) is 85.7 Å². The largest absolute Gasteiger partial charge is 0.511 e. The van der Waals surface area contributed by atoms with Crippen LogP contribution in [0.4, 0.5) is 5.69 Å². The Bertz CT molecular complexity index is 1670. The van der Waals surface area contributed by atoms with Crippen LogP contribution in [0.5, 0.6) is 0 Å². The molecule has 0 aliphatic heterocycles. The first-order valence-electron chi connectivity index (χ1n) is 13.9. The summed E-state index contributed by atoms with van der Waals surface area (Å²) in [6, 6.07) is 23.9. The molecule has 0 amide bonds. The number of aromatic nitrogens is 1. The number of hydrogen-bond donors (Lipinski definition) is 1. The van der Waals surface area contributed by atoms with Gasteiger partial charge in [-0.2, -0.15) is 0 Å². The van der Waals surface area contributed by atoms with Crippen LogP contribution >= 0.6 is 0 Å². The summed E-state index contributed by atoms with van der Waals surface area (Å²) >= 11 is 0. The fourth-order valence-corrected chi connectivity index (χ4v) is 6.11. The fourth-order valence-electron chi connectivity index (χ4n) is 6.11. The van der Waals surface area contributed by atoms with Crippen molar-refractivity contribution in [2.45, 2.75) is 58.3 Å². The fraction of sp³-hybridized carbons (Fsp3) is 0.294. The molecule has 4 aromatic rings. The highest BCUT2D eigenvalue weighted by Crippen LogP contribution is 2.38. The van der Waals surface area contributed by atoms with Crippen LogP contribution in [0.15, 0.2) is 93.6 Å². The van der Waals surface area contributed by atoms with Gasteiger partial charge in [0.15, 0.2) is 11.6 Å². The van der Waals surface area contributed by atoms with Gasteiger partial charge in [-0.05, 0) is 41.2 Å². The van der Waals surface area contributed by atoms with Crippen LogP contribution in [0.2, 0.25) is 0 Å². The summed E-state index contributed by atoms with van der Waals surface area (Å²) in [7, 11) is 0. The van der Waals surface area contributed by atoms with Gasteiger partial charge < -0.3 is 9.63 Å². The SMILES string of the molecule is CC1(C)CC(=O)C(C(CCc2noc3c2C(=O)CC(c2ccccc2)C3)=Nc2cccc3ccccc23)=C(O)C1. The van der Waals surface area contributed by atoms with Crippen molar-refractivity contribution in [3.8, 4) is 0 Å². The van der Waals surface area contributed by atoms with E-state index < -0.39 is 0 Å². The third kappa shape index (κ3) is 5.02. The lowest BCUT2D eigenvalue weighted by Crippen LogP contribution is -2.29. The second-order valence-electron chi connectivity index (χ2n) is 11.7. The number of hydrogen-bond acceptors (Lipinski definition) is 6. The Balaban J connectivity index is 1.35. The van der Waals surface area contributed by atoms with Crippen molar-refractivity contribution in [1.29, 1.82) is 0 Å². The van der Waals surface area contributed by atoms with Gasteiger partial charge in [-0.3, -0.25) is 14.6 Å². The van der Waals surface area contributed by atoms with Crippen LogP contribution in [0.25, 0.3) is 10.8 Å². The summed E-state index contributed by atoms with van der Waals surface area (Å²) < 4.78 is 5.69. The van der Waals surface area contributed by atoms with E-state index >= 15 is 0 Å². The Labute approximate surface area is 233 Å². The smallest absolute Gasteiger partial charge is 0.168 e. The normalized spacial score (nSPS) is 19.2. The van der Waals surface area contributed by atoms with Crippen LogP contribution in [-0.2, 0) is 17.6 Å². The maximum Gasteiger partial charge on any atom is 0.168 e. The molecule has 1 heterocycles. The molecule has 0 saturated heterocycles. The number of ketones is 2. The highest BCUT2D eigenvalue weighted by Gasteiger charge is 2.36. The first-order chi connectivity index (χ1) is 19.3. The number of fused-ring (bicyclic) bond motifs is 2. The van der Waals surface area contributed by atoms with Gasteiger partial charge in [0.25, 0.3) is 0 Å². The topological polar surface area (TPSA) is 92.8 Å². The molecule has 1 aromatic heterocycles. The van der Waals surface area contributed by atoms with E-state index in [0.717, 1.165) is 22.0 Å². The molecule has 202 valence electrons. The number of aryl methyl sites for hydroxylation is 1. The number of benzene rings is 3. The van der Waals surface area contributed by atoms with Crippen LogP contribution in [0.3, 0.4) is 0 Å². The van der Waals surface area contributed by atoms with Crippen molar-refractivity contribution in [3.63, 3.8) is 0 Å². The van der Waals surface area contributed by atoms with Crippen molar-refractivity contribution in [2.24, 2.45) is 10.4 Å². The molecule has 0 bridgehead atoms. The summed E-state index contributed by atoms with van der Waals surface area (Å²) in [5.74, 6) is 0.665. The van der Waals surface area contributed by atoms with E-state index in [0.29, 0.717) is 66.8 Å². The predicted octanol–water partition coefficient (Wildman–Crippen LogP) is 7.65. The van der Waals surface area contributed by atoms with Gasteiger partial charge in [0, 0.05) is 31.1 Å². The van der Waals surface area contributed by atoms with Crippen LogP contribution in [0.1, 0.15) is 72.8 Å². The average Bonchev–Trinajstić information content (AvgIpc) is 3.35. The number of carbonyl (C=O) groups is 2. The number of aliphatic hydroxyl groups excluding tert-OH is 1. The highest BCUT2D eigenvalue weighted by molar-refractivity contribution is 6.24. The zero-order valence-corrected chi connectivity index (χ0v) is 22.8. The van der Waals surface area contributed by atoms with Gasteiger partial charge in [-0.15, -0.1) is 0 Å².